The van der Waals surface area contributed by atoms with Crippen LogP contribution >= 0.6 is 0 Å². The molecule has 3 heteroatoms. The van der Waals surface area contributed by atoms with Gasteiger partial charge in [0.05, 0.1) is 0 Å². The summed E-state index contributed by atoms with van der Waals surface area (Å²) in [5.74, 6) is -1.85. The lowest BCUT2D eigenvalue weighted by molar-refractivity contribution is 0.514. The van der Waals surface area contributed by atoms with E-state index in [4.69, 9.17) is 0 Å². The third-order valence-electron chi connectivity index (χ3n) is 5.91. The van der Waals surface area contributed by atoms with E-state index in [0.29, 0.717) is 24.0 Å². The van der Waals surface area contributed by atoms with Crippen molar-refractivity contribution in [3.8, 4) is 22.3 Å². The Morgan fingerprint density at radius 1 is 0.594 bits per heavy atom. The molecule has 0 radical (unpaired) electrons. The van der Waals surface area contributed by atoms with Crippen LogP contribution in [-0.4, -0.2) is 0 Å². The van der Waals surface area contributed by atoms with Crippen LogP contribution in [0.1, 0.15) is 29.2 Å². The standard InChI is InChI=1S/C29H25F3/c1-3-22-13-10-21(18-27(22)30)7-6-20-8-14-24(15-9-20)26-17-16-25(28(31)29(26)32)23-11-4-19(2)5-12-23/h4-5,8-18H,3,6-7H2,1-2H3. The maximum atomic E-state index is 14.9. The van der Waals surface area contributed by atoms with Crippen LogP contribution in [0.4, 0.5) is 13.2 Å². The summed E-state index contributed by atoms with van der Waals surface area (Å²) in [6.45, 7) is 3.89. The molecule has 162 valence electrons. The molecule has 0 aliphatic carbocycles. The van der Waals surface area contributed by atoms with Gasteiger partial charge in [0.15, 0.2) is 11.6 Å². The molecule has 0 saturated carbocycles. The van der Waals surface area contributed by atoms with Crippen LogP contribution in [0.5, 0.6) is 0 Å². The highest BCUT2D eigenvalue weighted by molar-refractivity contribution is 5.72. The molecule has 0 saturated heterocycles. The first-order valence-electron chi connectivity index (χ1n) is 10.9. The molecule has 32 heavy (non-hydrogen) atoms. The zero-order valence-corrected chi connectivity index (χ0v) is 18.3. The summed E-state index contributed by atoms with van der Waals surface area (Å²) in [5.41, 5.74) is 5.56. The number of hydrogen-bond acceptors (Lipinski definition) is 0. The van der Waals surface area contributed by atoms with Crippen LogP contribution in [0.15, 0.2) is 78.9 Å². The number of benzene rings is 4. The van der Waals surface area contributed by atoms with Crippen LogP contribution < -0.4 is 0 Å². The molecule has 0 atom stereocenters. The van der Waals surface area contributed by atoms with E-state index in [2.05, 4.69) is 0 Å². The molecule has 0 nitrogen and oxygen atoms in total. The van der Waals surface area contributed by atoms with Crippen molar-refractivity contribution in [2.45, 2.75) is 33.1 Å². The van der Waals surface area contributed by atoms with Gasteiger partial charge in [0.25, 0.3) is 0 Å². The van der Waals surface area contributed by atoms with Crippen LogP contribution in [0.2, 0.25) is 0 Å². The summed E-state index contributed by atoms with van der Waals surface area (Å²) in [6, 6.07) is 23.4. The lowest BCUT2D eigenvalue weighted by Crippen LogP contribution is -1.96. The highest BCUT2D eigenvalue weighted by Crippen LogP contribution is 2.31. The fraction of sp³-hybridized carbons (Fsp3) is 0.172. The maximum Gasteiger partial charge on any atom is 0.167 e. The number of halogens is 3. The molecule has 4 rings (SSSR count). The normalized spacial score (nSPS) is 11.0. The highest BCUT2D eigenvalue weighted by atomic mass is 19.2. The zero-order chi connectivity index (χ0) is 22.7. The van der Waals surface area contributed by atoms with Gasteiger partial charge in [0, 0.05) is 11.1 Å². The summed E-state index contributed by atoms with van der Waals surface area (Å²) in [4.78, 5) is 0. The topological polar surface area (TPSA) is 0 Å². The van der Waals surface area contributed by atoms with Gasteiger partial charge in [-0.2, -0.15) is 0 Å². The second-order valence-electron chi connectivity index (χ2n) is 8.13. The third-order valence-corrected chi connectivity index (χ3v) is 5.91. The predicted molar refractivity (Wildman–Crippen MR) is 125 cm³/mol. The number of rotatable bonds is 6. The fourth-order valence-electron chi connectivity index (χ4n) is 3.90. The third kappa shape index (κ3) is 4.62. The first kappa shape index (κ1) is 21.9. The second kappa shape index (κ2) is 9.44. The van der Waals surface area contributed by atoms with Gasteiger partial charge in [-0.15, -0.1) is 0 Å². The smallest absolute Gasteiger partial charge is 0.167 e. The average Bonchev–Trinajstić information content (AvgIpc) is 2.81. The SMILES string of the molecule is CCc1ccc(CCc2ccc(-c3ccc(-c4ccc(C)cc4)c(F)c3F)cc2)cc1F. The van der Waals surface area contributed by atoms with Gasteiger partial charge in [-0.25, -0.2) is 13.2 Å². The van der Waals surface area contributed by atoms with Gasteiger partial charge in [-0.3, -0.25) is 0 Å². The van der Waals surface area contributed by atoms with E-state index in [1.165, 1.54) is 0 Å². The van der Waals surface area contributed by atoms with Gasteiger partial charge in [-0.05, 0) is 60.1 Å². The van der Waals surface area contributed by atoms with Crippen LogP contribution in [-0.2, 0) is 19.3 Å². The molecule has 0 heterocycles. The Bertz CT molecular complexity index is 1220. The summed E-state index contributed by atoms with van der Waals surface area (Å²) < 4.78 is 43.7. The molecule has 4 aromatic rings. The Balaban J connectivity index is 1.50. The van der Waals surface area contributed by atoms with Crippen LogP contribution in [0.25, 0.3) is 22.3 Å². The molecule has 0 spiro atoms. The predicted octanol–water partition coefficient (Wildman–Crippen LogP) is 8.09. The minimum absolute atomic E-state index is 0.160. The van der Waals surface area contributed by atoms with Gasteiger partial charge in [0.2, 0.25) is 0 Å². The minimum atomic E-state index is -0.845. The van der Waals surface area contributed by atoms with E-state index < -0.39 is 11.6 Å². The van der Waals surface area contributed by atoms with Crippen molar-refractivity contribution in [1.29, 1.82) is 0 Å². The Labute approximate surface area is 187 Å². The van der Waals surface area contributed by atoms with E-state index in [9.17, 15) is 13.2 Å². The second-order valence-corrected chi connectivity index (χ2v) is 8.13. The lowest BCUT2D eigenvalue weighted by Gasteiger charge is -2.10. The Morgan fingerprint density at radius 2 is 1.09 bits per heavy atom. The Kier molecular flexibility index (Phi) is 6.45. The molecular weight excluding hydrogens is 405 g/mol. The molecule has 0 fully saturated rings. The Morgan fingerprint density at radius 3 is 1.62 bits per heavy atom. The van der Waals surface area contributed by atoms with Crippen molar-refractivity contribution in [2.75, 3.05) is 0 Å². The first-order chi connectivity index (χ1) is 15.5. The molecule has 4 aromatic carbocycles. The molecular formula is C29H25F3. The van der Waals surface area contributed by atoms with Crippen molar-refractivity contribution in [3.63, 3.8) is 0 Å². The summed E-state index contributed by atoms with van der Waals surface area (Å²) in [5, 5.41) is 0. The average molecular weight is 431 g/mol. The minimum Gasteiger partial charge on any atom is -0.207 e. The largest absolute Gasteiger partial charge is 0.207 e. The van der Waals surface area contributed by atoms with Gasteiger partial charge in [0.1, 0.15) is 5.82 Å². The van der Waals surface area contributed by atoms with Crippen molar-refractivity contribution < 1.29 is 13.2 Å². The van der Waals surface area contributed by atoms with E-state index in [-0.39, 0.29) is 16.9 Å². The van der Waals surface area contributed by atoms with Gasteiger partial charge in [-0.1, -0.05) is 85.3 Å². The molecule has 0 unspecified atom stereocenters. The first-order valence-corrected chi connectivity index (χ1v) is 10.9. The molecule has 0 aliphatic rings. The maximum absolute atomic E-state index is 14.9. The van der Waals surface area contributed by atoms with E-state index >= 15 is 0 Å². The van der Waals surface area contributed by atoms with Crippen molar-refractivity contribution in [2.24, 2.45) is 0 Å². The van der Waals surface area contributed by atoms with Crippen molar-refractivity contribution in [3.05, 3.63) is 119 Å². The summed E-state index contributed by atoms with van der Waals surface area (Å²) in [7, 11) is 0. The van der Waals surface area contributed by atoms with Gasteiger partial charge >= 0.3 is 0 Å². The van der Waals surface area contributed by atoms with E-state index in [1.54, 1.807) is 42.5 Å². The summed E-state index contributed by atoms with van der Waals surface area (Å²) >= 11 is 0. The van der Waals surface area contributed by atoms with E-state index in [1.807, 2.05) is 50.2 Å². The quantitative estimate of drug-likeness (QED) is 0.290. The zero-order valence-electron chi connectivity index (χ0n) is 18.3. The highest BCUT2D eigenvalue weighted by Gasteiger charge is 2.16. The lowest BCUT2D eigenvalue weighted by atomic mass is 9.96. The van der Waals surface area contributed by atoms with Crippen molar-refractivity contribution in [1.82, 2.24) is 0 Å². The fourth-order valence-corrected chi connectivity index (χ4v) is 3.90. The van der Waals surface area contributed by atoms with Crippen LogP contribution in [0.3, 0.4) is 0 Å². The molecule has 0 aromatic heterocycles. The van der Waals surface area contributed by atoms with Crippen molar-refractivity contribution >= 4 is 0 Å². The molecule has 0 aliphatic heterocycles. The molecule has 0 bridgehead atoms. The molecule has 0 N–H and O–H groups in total. The Hall–Kier alpha value is -3.33. The number of aryl methyl sites for hydroxylation is 4. The number of hydrogen-bond donors (Lipinski definition) is 0. The summed E-state index contributed by atoms with van der Waals surface area (Å²) in [6.07, 6.45) is 2.14. The van der Waals surface area contributed by atoms with Crippen LogP contribution in [0, 0.1) is 24.4 Å². The monoisotopic (exact) mass is 430 g/mol. The van der Waals surface area contributed by atoms with Gasteiger partial charge < -0.3 is 0 Å². The van der Waals surface area contributed by atoms with E-state index in [0.717, 1.165) is 28.7 Å². The molecule has 0 amide bonds.